The van der Waals surface area contributed by atoms with Crippen molar-refractivity contribution in [3.8, 4) is 0 Å². The number of carbonyl (C=O) groups excluding carboxylic acids is 1. The van der Waals surface area contributed by atoms with Crippen LogP contribution in [0.25, 0.3) is 0 Å². The molecule has 0 saturated carbocycles. The molecule has 2 atom stereocenters. The predicted octanol–water partition coefficient (Wildman–Crippen LogP) is 1.89. The van der Waals surface area contributed by atoms with Gasteiger partial charge in [-0.3, -0.25) is 4.79 Å². The maximum absolute atomic E-state index is 12.4. The van der Waals surface area contributed by atoms with Gasteiger partial charge in [-0.05, 0) is 37.3 Å². The molecule has 1 amide bonds. The molecule has 3 nitrogen and oxygen atoms in total. The largest absolute Gasteiger partial charge is 0.341 e. The van der Waals surface area contributed by atoms with Gasteiger partial charge in [-0.1, -0.05) is 24.3 Å². The first kappa shape index (κ1) is 12.7. The zero-order chi connectivity index (χ0) is 13.2. The van der Waals surface area contributed by atoms with Crippen LogP contribution in [-0.4, -0.2) is 36.0 Å². The van der Waals surface area contributed by atoms with E-state index in [4.69, 9.17) is 0 Å². The molecule has 102 valence electrons. The van der Waals surface area contributed by atoms with Crippen molar-refractivity contribution in [3.63, 3.8) is 0 Å². The van der Waals surface area contributed by atoms with Gasteiger partial charge in [0.05, 0.1) is 6.42 Å². The first-order valence-electron chi connectivity index (χ1n) is 7.30. The highest BCUT2D eigenvalue weighted by Gasteiger charge is 2.30. The van der Waals surface area contributed by atoms with Crippen LogP contribution in [0.5, 0.6) is 0 Å². The Morgan fingerprint density at radius 3 is 2.89 bits per heavy atom. The van der Waals surface area contributed by atoms with E-state index >= 15 is 0 Å². The number of aryl methyl sites for hydroxylation is 1. The van der Waals surface area contributed by atoms with Crippen LogP contribution in [0.2, 0.25) is 0 Å². The first-order valence-corrected chi connectivity index (χ1v) is 7.30. The second-order valence-electron chi connectivity index (χ2n) is 5.87. The van der Waals surface area contributed by atoms with E-state index < -0.39 is 0 Å². The minimum Gasteiger partial charge on any atom is -0.341 e. The van der Waals surface area contributed by atoms with Gasteiger partial charge < -0.3 is 10.2 Å². The van der Waals surface area contributed by atoms with Crippen molar-refractivity contribution >= 4 is 5.91 Å². The van der Waals surface area contributed by atoms with Crippen molar-refractivity contribution in [2.45, 2.75) is 44.7 Å². The predicted molar refractivity (Wildman–Crippen MR) is 76.0 cm³/mol. The molecule has 0 aliphatic carbocycles. The highest BCUT2D eigenvalue weighted by molar-refractivity contribution is 5.79. The number of hydrogen-bond acceptors (Lipinski definition) is 2. The molecule has 3 rings (SSSR count). The number of amides is 1. The van der Waals surface area contributed by atoms with Gasteiger partial charge >= 0.3 is 0 Å². The molecule has 2 unspecified atom stereocenters. The van der Waals surface area contributed by atoms with Gasteiger partial charge in [0, 0.05) is 25.2 Å². The lowest BCUT2D eigenvalue weighted by atomic mass is 10.0. The van der Waals surface area contributed by atoms with Gasteiger partial charge in [-0.2, -0.15) is 0 Å². The molecule has 3 heteroatoms. The van der Waals surface area contributed by atoms with Crippen molar-refractivity contribution in [1.82, 2.24) is 10.2 Å². The van der Waals surface area contributed by atoms with Crippen molar-refractivity contribution in [1.29, 1.82) is 0 Å². The molecule has 2 heterocycles. The Hall–Kier alpha value is -1.35. The summed E-state index contributed by atoms with van der Waals surface area (Å²) in [5.41, 5.74) is 2.38. The zero-order valence-electron chi connectivity index (χ0n) is 11.6. The summed E-state index contributed by atoms with van der Waals surface area (Å²) in [4.78, 5) is 14.5. The van der Waals surface area contributed by atoms with Crippen LogP contribution >= 0.6 is 0 Å². The van der Waals surface area contributed by atoms with Crippen LogP contribution in [0.1, 0.15) is 30.4 Å². The Labute approximate surface area is 115 Å². The monoisotopic (exact) mass is 258 g/mol. The number of carbonyl (C=O) groups is 1. The van der Waals surface area contributed by atoms with Gasteiger partial charge in [-0.15, -0.1) is 0 Å². The Morgan fingerprint density at radius 1 is 1.26 bits per heavy atom. The Balaban J connectivity index is 1.66. The molecule has 2 bridgehead atoms. The van der Waals surface area contributed by atoms with E-state index in [2.05, 4.69) is 29.3 Å². The second kappa shape index (κ2) is 5.33. The quantitative estimate of drug-likeness (QED) is 0.878. The van der Waals surface area contributed by atoms with E-state index in [0.717, 1.165) is 25.1 Å². The molecule has 2 aliphatic rings. The van der Waals surface area contributed by atoms with Crippen LogP contribution in [-0.2, 0) is 11.2 Å². The molecule has 0 aromatic heterocycles. The van der Waals surface area contributed by atoms with Crippen molar-refractivity contribution < 1.29 is 4.79 Å². The van der Waals surface area contributed by atoms with E-state index in [-0.39, 0.29) is 5.91 Å². The van der Waals surface area contributed by atoms with Gasteiger partial charge in [0.15, 0.2) is 0 Å². The van der Waals surface area contributed by atoms with Crippen molar-refractivity contribution in [3.05, 3.63) is 35.4 Å². The summed E-state index contributed by atoms with van der Waals surface area (Å²) in [6.07, 6.45) is 4.16. The maximum Gasteiger partial charge on any atom is 0.227 e. The number of benzene rings is 1. The average molecular weight is 258 g/mol. The zero-order valence-corrected chi connectivity index (χ0v) is 11.6. The van der Waals surface area contributed by atoms with Gasteiger partial charge in [0.2, 0.25) is 5.91 Å². The Morgan fingerprint density at radius 2 is 2.05 bits per heavy atom. The summed E-state index contributed by atoms with van der Waals surface area (Å²) in [7, 11) is 0. The Bertz CT molecular complexity index is 472. The fraction of sp³-hybridized carbons (Fsp3) is 0.562. The van der Waals surface area contributed by atoms with Crippen molar-refractivity contribution in [2.24, 2.45) is 0 Å². The average Bonchev–Trinajstić information content (AvgIpc) is 2.71. The third kappa shape index (κ3) is 2.81. The van der Waals surface area contributed by atoms with E-state index in [0.29, 0.717) is 18.5 Å². The molecule has 0 spiro atoms. The summed E-state index contributed by atoms with van der Waals surface area (Å²) in [5, 5.41) is 3.62. The second-order valence-corrected chi connectivity index (χ2v) is 5.87. The smallest absolute Gasteiger partial charge is 0.227 e. The standard InChI is InChI=1S/C16H22N2O/c1-12-4-2-3-5-13(12)10-16(19)18-9-8-14-6-7-15(11-18)17-14/h2-5,14-15,17H,6-11H2,1H3. The third-order valence-corrected chi connectivity index (χ3v) is 4.48. The van der Waals surface area contributed by atoms with E-state index in [1.807, 2.05) is 12.1 Å². The van der Waals surface area contributed by atoms with Crippen LogP contribution in [0, 0.1) is 6.92 Å². The number of likely N-dealkylation sites (tertiary alicyclic amines) is 1. The molecule has 2 saturated heterocycles. The van der Waals surface area contributed by atoms with E-state index in [1.54, 1.807) is 0 Å². The summed E-state index contributed by atoms with van der Waals surface area (Å²) in [5.74, 6) is 0.281. The molecule has 2 fully saturated rings. The number of fused-ring (bicyclic) bond motifs is 2. The van der Waals surface area contributed by atoms with Crippen LogP contribution in [0.15, 0.2) is 24.3 Å². The van der Waals surface area contributed by atoms with Gasteiger partial charge in [-0.25, -0.2) is 0 Å². The minimum atomic E-state index is 0.281. The molecule has 0 radical (unpaired) electrons. The lowest BCUT2D eigenvalue weighted by molar-refractivity contribution is -0.130. The molecule has 2 aliphatic heterocycles. The molecular formula is C16H22N2O. The van der Waals surface area contributed by atoms with Crippen LogP contribution < -0.4 is 5.32 Å². The van der Waals surface area contributed by atoms with Crippen molar-refractivity contribution in [2.75, 3.05) is 13.1 Å². The first-order chi connectivity index (χ1) is 9.22. The van der Waals surface area contributed by atoms with Crippen LogP contribution in [0.3, 0.4) is 0 Å². The molecular weight excluding hydrogens is 236 g/mol. The topological polar surface area (TPSA) is 32.3 Å². The fourth-order valence-electron chi connectivity index (χ4n) is 3.25. The van der Waals surface area contributed by atoms with E-state index in [9.17, 15) is 4.79 Å². The number of rotatable bonds is 2. The SMILES string of the molecule is Cc1ccccc1CC(=O)N1CCC2CCC(C1)N2. The summed E-state index contributed by atoms with van der Waals surface area (Å²) < 4.78 is 0. The summed E-state index contributed by atoms with van der Waals surface area (Å²) in [6.45, 7) is 3.88. The molecule has 19 heavy (non-hydrogen) atoms. The van der Waals surface area contributed by atoms with E-state index in [1.165, 1.54) is 18.4 Å². The van der Waals surface area contributed by atoms with Gasteiger partial charge in [0.1, 0.15) is 0 Å². The number of hydrogen-bond donors (Lipinski definition) is 1. The maximum atomic E-state index is 12.4. The van der Waals surface area contributed by atoms with Crippen LogP contribution in [0.4, 0.5) is 0 Å². The molecule has 1 aromatic rings. The lowest BCUT2D eigenvalue weighted by Crippen LogP contribution is -2.39. The molecule has 1 N–H and O–H groups in total. The molecule has 1 aromatic carbocycles. The third-order valence-electron chi connectivity index (χ3n) is 4.48. The normalized spacial score (nSPS) is 26.3. The minimum absolute atomic E-state index is 0.281. The fourth-order valence-corrected chi connectivity index (χ4v) is 3.25. The number of nitrogens with zero attached hydrogens (tertiary/aromatic N) is 1. The summed E-state index contributed by atoms with van der Waals surface area (Å²) in [6, 6.07) is 9.35. The Kier molecular flexibility index (Phi) is 3.56. The highest BCUT2D eigenvalue weighted by atomic mass is 16.2. The number of nitrogens with one attached hydrogen (secondary N) is 1. The highest BCUT2D eigenvalue weighted by Crippen LogP contribution is 2.21. The summed E-state index contributed by atoms with van der Waals surface area (Å²) >= 11 is 0. The lowest BCUT2D eigenvalue weighted by Gasteiger charge is -2.24. The van der Waals surface area contributed by atoms with Gasteiger partial charge in [0.25, 0.3) is 0 Å².